The first kappa shape index (κ1) is 23.7. The standard InChI is InChI=1S/C26H30N4O4S/c1-17-13-18(2)16-30(15-17)35(32,33)23-11-9-20(10-12-23)24(31)27-26-29-28-25(34-26)22-8-7-19-5-3-4-6-21(19)14-22/h7-12,14,17-18H,3-6,13,15-16H2,1-2H3,(H,27,29,31)/t17-,18+. The third-order valence-corrected chi connectivity index (χ3v) is 8.68. The van der Waals surface area contributed by atoms with Gasteiger partial charge in [0.05, 0.1) is 4.90 Å². The Bertz CT molecular complexity index is 1320. The van der Waals surface area contributed by atoms with Gasteiger partial charge in [-0.05, 0) is 91.5 Å². The lowest BCUT2D eigenvalue weighted by Crippen LogP contribution is -2.42. The number of fused-ring (bicyclic) bond motifs is 1. The number of piperidine rings is 1. The molecule has 1 N–H and O–H groups in total. The number of amides is 1. The first-order valence-electron chi connectivity index (χ1n) is 12.2. The molecule has 0 saturated carbocycles. The van der Waals surface area contributed by atoms with Crippen molar-refractivity contribution in [2.45, 2.75) is 50.8 Å². The number of benzene rings is 2. The van der Waals surface area contributed by atoms with Gasteiger partial charge in [-0.25, -0.2) is 8.42 Å². The molecule has 8 nitrogen and oxygen atoms in total. The van der Waals surface area contributed by atoms with Gasteiger partial charge in [-0.3, -0.25) is 10.1 Å². The molecule has 3 aromatic rings. The van der Waals surface area contributed by atoms with Crippen LogP contribution >= 0.6 is 0 Å². The van der Waals surface area contributed by atoms with Gasteiger partial charge >= 0.3 is 6.01 Å². The number of nitrogens with zero attached hydrogens (tertiary/aromatic N) is 3. The van der Waals surface area contributed by atoms with E-state index in [4.69, 9.17) is 4.42 Å². The van der Waals surface area contributed by atoms with Crippen molar-refractivity contribution >= 4 is 21.9 Å². The van der Waals surface area contributed by atoms with E-state index >= 15 is 0 Å². The molecule has 1 aromatic heterocycles. The number of hydrogen-bond acceptors (Lipinski definition) is 6. The van der Waals surface area contributed by atoms with Gasteiger partial charge in [0.1, 0.15) is 0 Å². The summed E-state index contributed by atoms with van der Waals surface area (Å²) in [4.78, 5) is 12.9. The van der Waals surface area contributed by atoms with Crippen molar-refractivity contribution in [1.82, 2.24) is 14.5 Å². The minimum Gasteiger partial charge on any atom is -0.403 e. The van der Waals surface area contributed by atoms with Crippen LogP contribution in [-0.2, 0) is 22.9 Å². The molecule has 1 saturated heterocycles. The number of aryl methyl sites for hydroxylation is 2. The Hall–Kier alpha value is -3.04. The zero-order valence-corrected chi connectivity index (χ0v) is 20.8. The molecule has 35 heavy (non-hydrogen) atoms. The van der Waals surface area contributed by atoms with E-state index in [0.29, 0.717) is 36.4 Å². The monoisotopic (exact) mass is 494 g/mol. The SMILES string of the molecule is C[C@@H]1C[C@H](C)CN(S(=O)(=O)c2ccc(C(=O)Nc3nnc(-c4ccc5c(c4)CCCC5)o3)cc2)C1. The van der Waals surface area contributed by atoms with Gasteiger partial charge in [0, 0.05) is 24.2 Å². The third kappa shape index (κ3) is 5.01. The summed E-state index contributed by atoms with van der Waals surface area (Å²) >= 11 is 0. The van der Waals surface area contributed by atoms with Crippen LogP contribution in [-0.4, -0.2) is 41.9 Å². The number of aromatic nitrogens is 2. The van der Waals surface area contributed by atoms with Gasteiger partial charge in [0.2, 0.25) is 15.9 Å². The first-order valence-corrected chi connectivity index (χ1v) is 13.6. The average molecular weight is 495 g/mol. The molecule has 1 amide bonds. The Balaban J connectivity index is 1.27. The fraction of sp³-hybridized carbons (Fsp3) is 0.423. The first-order chi connectivity index (χ1) is 16.8. The van der Waals surface area contributed by atoms with E-state index in [1.165, 1.54) is 48.2 Å². The van der Waals surface area contributed by atoms with E-state index in [2.05, 4.69) is 41.5 Å². The third-order valence-electron chi connectivity index (χ3n) is 6.83. The molecule has 1 aliphatic carbocycles. The molecule has 2 atom stereocenters. The summed E-state index contributed by atoms with van der Waals surface area (Å²) in [6.45, 7) is 5.16. The lowest BCUT2D eigenvalue weighted by atomic mass is 9.90. The van der Waals surface area contributed by atoms with Gasteiger partial charge in [-0.2, -0.15) is 4.31 Å². The smallest absolute Gasteiger partial charge is 0.322 e. The molecule has 0 radical (unpaired) electrons. The Labute approximate surface area is 205 Å². The minimum absolute atomic E-state index is 0.00397. The molecule has 2 aromatic carbocycles. The topological polar surface area (TPSA) is 105 Å². The quantitative estimate of drug-likeness (QED) is 0.559. The Morgan fingerprint density at radius 3 is 2.37 bits per heavy atom. The maximum atomic E-state index is 13.1. The van der Waals surface area contributed by atoms with E-state index < -0.39 is 15.9 Å². The van der Waals surface area contributed by atoms with Gasteiger partial charge in [0.15, 0.2) is 0 Å². The van der Waals surface area contributed by atoms with Crippen molar-refractivity contribution in [1.29, 1.82) is 0 Å². The molecular formula is C26H30N4O4S. The summed E-state index contributed by atoms with van der Waals surface area (Å²) in [6.07, 6.45) is 5.55. The van der Waals surface area contributed by atoms with Gasteiger partial charge in [0.25, 0.3) is 5.91 Å². The predicted molar refractivity (Wildman–Crippen MR) is 132 cm³/mol. The second kappa shape index (κ2) is 9.54. The van der Waals surface area contributed by atoms with Crippen molar-refractivity contribution in [3.05, 3.63) is 59.2 Å². The molecule has 2 aliphatic rings. The van der Waals surface area contributed by atoms with Crippen LogP contribution in [0.1, 0.15) is 54.6 Å². The van der Waals surface area contributed by atoms with Crippen LogP contribution in [0.25, 0.3) is 11.5 Å². The van der Waals surface area contributed by atoms with E-state index in [9.17, 15) is 13.2 Å². The maximum absolute atomic E-state index is 13.1. The summed E-state index contributed by atoms with van der Waals surface area (Å²) in [6, 6.07) is 12.1. The number of nitrogens with one attached hydrogen (secondary N) is 1. The normalized spacial score (nSPS) is 20.9. The molecule has 9 heteroatoms. The fourth-order valence-corrected chi connectivity index (χ4v) is 6.84. The van der Waals surface area contributed by atoms with Crippen molar-refractivity contribution in [2.24, 2.45) is 11.8 Å². The Morgan fingerprint density at radius 2 is 1.66 bits per heavy atom. The lowest BCUT2D eigenvalue weighted by molar-refractivity contribution is 0.102. The van der Waals surface area contributed by atoms with Crippen molar-refractivity contribution in [3.63, 3.8) is 0 Å². The summed E-state index contributed by atoms with van der Waals surface area (Å²) in [7, 11) is -3.60. The minimum atomic E-state index is -3.60. The molecule has 1 aliphatic heterocycles. The zero-order valence-electron chi connectivity index (χ0n) is 20.0. The van der Waals surface area contributed by atoms with Gasteiger partial charge in [-0.15, -0.1) is 5.10 Å². The van der Waals surface area contributed by atoms with Crippen LogP contribution in [0.2, 0.25) is 0 Å². The van der Waals surface area contributed by atoms with E-state index in [-0.39, 0.29) is 10.9 Å². The van der Waals surface area contributed by atoms with Crippen molar-refractivity contribution < 1.29 is 17.6 Å². The second-order valence-corrected chi connectivity index (χ2v) is 11.8. The number of rotatable bonds is 5. The lowest BCUT2D eigenvalue weighted by Gasteiger charge is -2.34. The Morgan fingerprint density at radius 1 is 0.971 bits per heavy atom. The van der Waals surface area contributed by atoms with Crippen molar-refractivity contribution in [3.8, 4) is 11.5 Å². The highest BCUT2D eigenvalue weighted by atomic mass is 32.2. The summed E-state index contributed by atoms with van der Waals surface area (Å²) in [5.41, 5.74) is 3.80. The molecule has 0 unspecified atom stereocenters. The number of anilines is 1. The van der Waals surface area contributed by atoms with Crippen LogP contribution in [0.5, 0.6) is 0 Å². The van der Waals surface area contributed by atoms with E-state index in [1.807, 2.05) is 6.07 Å². The summed E-state index contributed by atoms with van der Waals surface area (Å²) in [5, 5.41) is 10.6. The molecule has 5 rings (SSSR count). The van der Waals surface area contributed by atoms with Crippen LogP contribution in [0.4, 0.5) is 6.01 Å². The highest BCUT2D eigenvalue weighted by Crippen LogP contribution is 2.29. The van der Waals surface area contributed by atoms with E-state index in [1.54, 1.807) is 4.31 Å². The fourth-order valence-electron chi connectivity index (χ4n) is 5.16. The number of sulfonamides is 1. The number of carbonyl (C=O) groups is 1. The summed E-state index contributed by atoms with van der Waals surface area (Å²) in [5.74, 6) is 0.535. The van der Waals surface area contributed by atoms with Gasteiger partial charge < -0.3 is 4.42 Å². The van der Waals surface area contributed by atoms with Crippen LogP contribution < -0.4 is 5.32 Å². The molecule has 0 spiro atoms. The molecule has 184 valence electrons. The molecular weight excluding hydrogens is 464 g/mol. The average Bonchev–Trinajstić information content (AvgIpc) is 3.31. The maximum Gasteiger partial charge on any atom is 0.322 e. The number of carbonyl (C=O) groups excluding carboxylic acids is 1. The Kier molecular flexibility index (Phi) is 6.46. The van der Waals surface area contributed by atoms with Crippen molar-refractivity contribution in [2.75, 3.05) is 18.4 Å². The molecule has 2 heterocycles. The highest BCUT2D eigenvalue weighted by Gasteiger charge is 2.31. The summed E-state index contributed by atoms with van der Waals surface area (Å²) < 4.78 is 33.4. The molecule has 1 fully saturated rings. The van der Waals surface area contributed by atoms with Crippen LogP contribution in [0.3, 0.4) is 0 Å². The zero-order chi connectivity index (χ0) is 24.6. The number of hydrogen-bond donors (Lipinski definition) is 1. The van der Waals surface area contributed by atoms with Crippen LogP contribution in [0.15, 0.2) is 51.8 Å². The van der Waals surface area contributed by atoms with E-state index in [0.717, 1.165) is 24.8 Å². The highest BCUT2D eigenvalue weighted by molar-refractivity contribution is 7.89. The predicted octanol–water partition coefficient (Wildman–Crippen LogP) is 4.53. The molecule has 0 bridgehead atoms. The van der Waals surface area contributed by atoms with Gasteiger partial charge in [-0.1, -0.05) is 25.0 Å². The second-order valence-electron chi connectivity index (χ2n) is 9.85. The largest absolute Gasteiger partial charge is 0.403 e. The van der Waals surface area contributed by atoms with Crippen LogP contribution in [0, 0.1) is 11.8 Å².